The first-order chi connectivity index (χ1) is 9.88. The number of sulfonamides is 1. The third kappa shape index (κ3) is 4.16. The number of methoxy groups -OCH3 is 1. The van der Waals surface area contributed by atoms with E-state index in [1.165, 1.54) is 11.4 Å². The predicted octanol–water partition coefficient (Wildman–Crippen LogP) is 0.975. The van der Waals surface area contributed by atoms with Crippen molar-refractivity contribution in [2.75, 3.05) is 45.8 Å². The molecule has 0 aliphatic heterocycles. The molecule has 0 unspecified atom stereocenters. The number of aliphatic hydroxyl groups excluding tert-OH is 1. The molecule has 0 spiro atoms. The molecular weight excluding hydrogens is 292 g/mol. The molecule has 0 aliphatic carbocycles. The van der Waals surface area contributed by atoms with E-state index in [1.807, 2.05) is 0 Å². The molecule has 0 saturated carbocycles. The summed E-state index contributed by atoms with van der Waals surface area (Å²) in [6, 6.07) is 3.60. The van der Waals surface area contributed by atoms with Gasteiger partial charge in [-0.2, -0.15) is 4.31 Å². The van der Waals surface area contributed by atoms with Crippen molar-refractivity contribution in [3.63, 3.8) is 0 Å². The second-order valence-corrected chi connectivity index (χ2v) is 6.68. The quantitative estimate of drug-likeness (QED) is 0.747. The highest BCUT2D eigenvalue weighted by Gasteiger charge is 2.27. The highest BCUT2D eigenvalue weighted by atomic mass is 32.2. The van der Waals surface area contributed by atoms with Gasteiger partial charge in [-0.25, -0.2) is 8.42 Å². The summed E-state index contributed by atoms with van der Waals surface area (Å²) >= 11 is 0. The number of hydrogen-bond acceptors (Lipinski definition) is 5. The van der Waals surface area contributed by atoms with E-state index in [0.717, 1.165) is 5.69 Å². The number of anilines is 1. The molecule has 0 aromatic heterocycles. The Kier molecular flexibility index (Phi) is 6.60. The SMILES string of the molecule is CNc1cc(C)c(S(=O)(=O)N(CCO)CCOC)c(C)c1. The topological polar surface area (TPSA) is 78.9 Å². The van der Waals surface area contributed by atoms with Gasteiger partial charge in [0.1, 0.15) is 0 Å². The molecule has 21 heavy (non-hydrogen) atoms. The molecule has 0 amide bonds. The van der Waals surface area contributed by atoms with Crippen LogP contribution in [0.2, 0.25) is 0 Å². The molecule has 2 N–H and O–H groups in total. The van der Waals surface area contributed by atoms with E-state index in [0.29, 0.717) is 16.0 Å². The fraction of sp³-hybridized carbons (Fsp3) is 0.571. The largest absolute Gasteiger partial charge is 0.395 e. The summed E-state index contributed by atoms with van der Waals surface area (Å²) in [5, 5.41) is 12.1. The number of benzene rings is 1. The Hall–Kier alpha value is -1.15. The normalized spacial score (nSPS) is 11.9. The van der Waals surface area contributed by atoms with Crippen LogP contribution in [-0.2, 0) is 14.8 Å². The van der Waals surface area contributed by atoms with E-state index in [4.69, 9.17) is 9.84 Å². The first-order valence-electron chi connectivity index (χ1n) is 6.77. The number of aliphatic hydroxyl groups is 1. The van der Waals surface area contributed by atoms with E-state index in [2.05, 4.69) is 5.32 Å². The molecule has 0 atom stereocenters. The molecule has 1 rings (SSSR count). The number of ether oxygens (including phenoxy) is 1. The Morgan fingerprint density at radius 1 is 1.24 bits per heavy atom. The minimum absolute atomic E-state index is 0.0539. The van der Waals surface area contributed by atoms with Crippen LogP contribution in [-0.4, -0.2) is 58.3 Å². The second-order valence-electron chi connectivity index (χ2n) is 4.81. The van der Waals surface area contributed by atoms with Gasteiger partial charge in [0.25, 0.3) is 0 Å². The Morgan fingerprint density at radius 3 is 2.24 bits per heavy atom. The fourth-order valence-corrected chi connectivity index (χ4v) is 4.11. The molecule has 0 bridgehead atoms. The molecular formula is C14H24N2O4S. The molecule has 7 heteroatoms. The molecule has 0 aliphatic rings. The van der Waals surface area contributed by atoms with Crippen LogP contribution in [0.25, 0.3) is 0 Å². The minimum atomic E-state index is -3.66. The van der Waals surface area contributed by atoms with Crippen molar-refractivity contribution in [3.05, 3.63) is 23.3 Å². The molecule has 0 fully saturated rings. The average Bonchev–Trinajstić information content (AvgIpc) is 2.41. The van der Waals surface area contributed by atoms with Crippen molar-refractivity contribution in [2.45, 2.75) is 18.7 Å². The van der Waals surface area contributed by atoms with Crippen molar-refractivity contribution in [3.8, 4) is 0 Å². The number of hydrogen-bond donors (Lipinski definition) is 2. The van der Waals surface area contributed by atoms with Crippen molar-refractivity contribution < 1.29 is 18.3 Å². The van der Waals surface area contributed by atoms with Gasteiger partial charge in [-0.3, -0.25) is 0 Å². The summed E-state index contributed by atoms with van der Waals surface area (Å²) in [4.78, 5) is 0.297. The Labute approximate surface area is 126 Å². The van der Waals surface area contributed by atoms with Crippen LogP contribution in [0.15, 0.2) is 17.0 Å². The van der Waals surface area contributed by atoms with Crippen molar-refractivity contribution >= 4 is 15.7 Å². The molecule has 120 valence electrons. The maximum Gasteiger partial charge on any atom is 0.243 e. The van der Waals surface area contributed by atoms with Crippen LogP contribution in [0.4, 0.5) is 5.69 Å². The van der Waals surface area contributed by atoms with Gasteiger partial charge in [0.2, 0.25) is 10.0 Å². The van der Waals surface area contributed by atoms with Crippen molar-refractivity contribution in [2.24, 2.45) is 0 Å². The van der Waals surface area contributed by atoms with Gasteiger partial charge in [0.15, 0.2) is 0 Å². The van der Waals surface area contributed by atoms with E-state index in [1.54, 1.807) is 33.0 Å². The van der Waals surface area contributed by atoms with E-state index in [9.17, 15) is 8.42 Å². The van der Waals surface area contributed by atoms with E-state index in [-0.39, 0.29) is 26.3 Å². The second kappa shape index (κ2) is 7.74. The lowest BCUT2D eigenvalue weighted by molar-refractivity contribution is 0.168. The zero-order valence-corrected chi connectivity index (χ0v) is 13.8. The predicted molar refractivity (Wildman–Crippen MR) is 83.2 cm³/mol. The zero-order valence-electron chi connectivity index (χ0n) is 13.0. The average molecular weight is 316 g/mol. The first kappa shape index (κ1) is 17.9. The van der Waals surface area contributed by atoms with Crippen LogP contribution in [0.3, 0.4) is 0 Å². The lowest BCUT2D eigenvalue weighted by atomic mass is 10.1. The molecule has 6 nitrogen and oxygen atoms in total. The Morgan fingerprint density at radius 2 is 1.81 bits per heavy atom. The van der Waals surface area contributed by atoms with Crippen LogP contribution in [0, 0.1) is 13.8 Å². The molecule has 0 saturated heterocycles. The van der Waals surface area contributed by atoms with Crippen LogP contribution < -0.4 is 5.32 Å². The Balaban J connectivity index is 3.27. The van der Waals surface area contributed by atoms with E-state index >= 15 is 0 Å². The third-order valence-electron chi connectivity index (χ3n) is 3.24. The molecule has 0 heterocycles. The number of nitrogens with zero attached hydrogens (tertiary/aromatic N) is 1. The van der Waals surface area contributed by atoms with Gasteiger partial charge in [-0.15, -0.1) is 0 Å². The van der Waals surface area contributed by atoms with Gasteiger partial charge >= 0.3 is 0 Å². The van der Waals surface area contributed by atoms with Gasteiger partial charge in [-0.1, -0.05) is 0 Å². The summed E-state index contributed by atoms with van der Waals surface area (Å²) in [5.41, 5.74) is 2.23. The lowest BCUT2D eigenvalue weighted by Gasteiger charge is -2.23. The maximum atomic E-state index is 12.8. The summed E-state index contributed by atoms with van der Waals surface area (Å²) in [7, 11) is -0.350. The fourth-order valence-electron chi connectivity index (χ4n) is 2.29. The standard InChI is InChI=1S/C14H24N2O4S/c1-11-9-13(15-3)10-12(2)14(11)21(18,19)16(5-7-17)6-8-20-4/h9-10,15,17H,5-8H2,1-4H3. The van der Waals surface area contributed by atoms with Gasteiger partial charge in [-0.05, 0) is 37.1 Å². The monoisotopic (exact) mass is 316 g/mol. The van der Waals surface area contributed by atoms with Crippen LogP contribution in [0.1, 0.15) is 11.1 Å². The summed E-state index contributed by atoms with van der Waals surface area (Å²) in [5.74, 6) is 0. The van der Waals surface area contributed by atoms with Crippen LogP contribution in [0.5, 0.6) is 0 Å². The first-order valence-corrected chi connectivity index (χ1v) is 8.21. The highest BCUT2D eigenvalue weighted by Crippen LogP contribution is 2.27. The highest BCUT2D eigenvalue weighted by molar-refractivity contribution is 7.89. The van der Waals surface area contributed by atoms with Gasteiger partial charge < -0.3 is 15.2 Å². The Bertz CT molecular complexity index is 549. The molecule has 1 aromatic carbocycles. The number of nitrogens with one attached hydrogen (secondary N) is 1. The van der Waals surface area contributed by atoms with Crippen molar-refractivity contribution in [1.82, 2.24) is 4.31 Å². The van der Waals surface area contributed by atoms with Gasteiger partial charge in [0.05, 0.1) is 18.1 Å². The molecule has 0 radical (unpaired) electrons. The smallest absolute Gasteiger partial charge is 0.243 e. The summed E-state index contributed by atoms with van der Waals surface area (Å²) < 4.78 is 31.8. The summed E-state index contributed by atoms with van der Waals surface area (Å²) in [6.45, 7) is 3.87. The molecule has 1 aromatic rings. The number of aryl methyl sites for hydroxylation is 2. The maximum absolute atomic E-state index is 12.8. The summed E-state index contributed by atoms with van der Waals surface area (Å²) in [6.07, 6.45) is 0. The lowest BCUT2D eigenvalue weighted by Crippen LogP contribution is -2.36. The van der Waals surface area contributed by atoms with Crippen molar-refractivity contribution in [1.29, 1.82) is 0 Å². The van der Waals surface area contributed by atoms with E-state index < -0.39 is 10.0 Å². The minimum Gasteiger partial charge on any atom is -0.395 e. The number of rotatable bonds is 8. The third-order valence-corrected chi connectivity index (χ3v) is 5.45. The van der Waals surface area contributed by atoms with Crippen LogP contribution >= 0.6 is 0 Å². The van der Waals surface area contributed by atoms with Gasteiger partial charge in [0, 0.05) is 32.9 Å². The zero-order chi connectivity index (χ0) is 16.0.